The van der Waals surface area contributed by atoms with Crippen molar-refractivity contribution in [3.8, 4) is 0 Å². The summed E-state index contributed by atoms with van der Waals surface area (Å²) in [5.41, 5.74) is 6.91. The fourth-order valence-electron chi connectivity index (χ4n) is 12.8. The fourth-order valence-corrected chi connectivity index (χ4v) is 12.8. The predicted molar refractivity (Wildman–Crippen MR) is 203 cm³/mol. The van der Waals surface area contributed by atoms with Crippen LogP contribution in [0.25, 0.3) is 0 Å². The van der Waals surface area contributed by atoms with Crippen molar-refractivity contribution in [2.45, 2.75) is 144 Å². The molecule has 4 fully saturated rings. The number of hydrogen-bond acceptors (Lipinski definition) is 6. The molecule has 4 aliphatic rings. The van der Waals surface area contributed by atoms with Crippen LogP contribution in [0, 0.1) is 50.7 Å². The number of aliphatic hydroxyl groups excluding tert-OH is 1. The Morgan fingerprint density at radius 1 is 0.962 bits per heavy atom. The number of primary amides is 1. The molecular weight excluding hydrogens is 654 g/mol. The maximum atomic E-state index is 14.4. The van der Waals surface area contributed by atoms with Crippen LogP contribution >= 0.6 is 0 Å². The summed E-state index contributed by atoms with van der Waals surface area (Å²) in [4.78, 5) is 50.9. The molecule has 0 bridgehead atoms. The van der Waals surface area contributed by atoms with Crippen LogP contribution in [-0.4, -0.2) is 54.6 Å². The lowest BCUT2D eigenvalue weighted by Gasteiger charge is -2.72. The van der Waals surface area contributed by atoms with E-state index in [1.807, 2.05) is 6.07 Å². The van der Waals surface area contributed by atoms with Gasteiger partial charge < -0.3 is 26.2 Å². The van der Waals surface area contributed by atoms with Crippen molar-refractivity contribution in [3.63, 3.8) is 0 Å². The molecule has 5 rings (SSSR count). The van der Waals surface area contributed by atoms with Gasteiger partial charge in [-0.25, -0.2) is 0 Å². The number of carbonyl (C=O) groups excluding carboxylic acids is 4. The first-order valence-electron chi connectivity index (χ1n) is 20.1. The van der Waals surface area contributed by atoms with Gasteiger partial charge in [0.05, 0.1) is 18.6 Å². The number of nitrogens with two attached hydrogens (primary N) is 1. The summed E-state index contributed by atoms with van der Waals surface area (Å²) in [5, 5.41) is 17.0. The predicted octanol–water partition coefficient (Wildman–Crippen LogP) is 6.73. The van der Waals surface area contributed by atoms with Crippen LogP contribution in [0.4, 0.5) is 0 Å². The molecular formula is C43H67N3O6. The molecule has 0 saturated heterocycles. The molecule has 10 atom stereocenters. The van der Waals surface area contributed by atoms with Crippen molar-refractivity contribution < 1.29 is 29.0 Å². The van der Waals surface area contributed by atoms with Crippen molar-refractivity contribution in [1.29, 1.82) is 0 Å². The van der Waals surface area contributed by atoms with Crippen LogP contribution in [0.2, 0.25) is 0 Å². The molecule has 0 aromatic heterocycles. The van der Waals surface area contributed by atoms with Gasteiger partial charge >= 0.3 is 5.97 Å². The Kier molecular flexibility index (Phi) is 11.7. The van der Waals surface area contributed by atoms with E-state index in [-0.39, 0.29) is 52.4 Å². The van der Waals surface area contributed by atoms with E-state index in [9.17, 15) is 24.3 Å². The molecule has 9 unspecified atom stereocenters. The average molecular weight is 722 g/mol. The molecule has 1 aromatic rings. The topological polar surface area (TPSA) is 148 Å². The number of amides is 3. The first kappa shape index (κ1) is 40.2. The fraction of sp³-hybridized carbons (Fsp3) is 0.767. The average Bonchev–Trinajstić information content (AvgIpc) is 3.10. The van der Waals surface area contributed by atoms with Crippen LogP contribution in [-0.2, 0) is 25.5 Å². The minimum atomic E-state index is -0.993. The van der Waals surface area contributed by atoms with Gasteiger partial charge in [-0.1, -0.05) is 67.0 Å². The third-order valence-corrected chi connectivity index (χ3v) is 16.0. The van der Waals surface area contributed by atoms with Gasteiger partial charge in [0.1, 0.15) is 6.04 Å². The second-order valence-electron chi connectivity index (χ2n) is 18.5. The van der Waals surface area contributed by atoms with Gasteiger partial charge in [-0.2, -0.15) is 0 Å². The second kappa shape index (κ2) is 15.1. The molecule has 52 heavy (non-hydrogen) atoms. The van der Waals surface area contributed by atoms with Crippen LogP contribution < -0.4 is 16.4 Å². The van der Waals surface area contributed by atoms with Crippen LogP contribution in [0.3, 0.4) is 0 Å². The Morgan fingerprint density at radius 3 is 2.37 bits per heavy atom. The van der Waals surface area contributed by atoms with E-state index in [1.165, 1.54) is 26.4 Å². The van der Waals surface area contributed by atoms with Gasteiger partial charge in [-0.05, 0) is 134 Å². The summed E-state index contributed by atoms with van der Waals surface area (Å²) in [5.74, 6) is 0.435. The first-order chi connectivity index (χ1) is 24.4. The van der Waals surface area contributed by atoms with E-state index < -0.39 is 29.2 Å². The molecule has 4 saturated carbocycles. The quantitative estimate of drug-likeness (QED) is 0.176. The number of ether oxygens (including phenoxy) is 1. The Balaban J connectivity index is 1.26. The largest absolute Gasteiger partial charge is 0.469 e. The monoisotopic (exact) mass is 722 g/mol. The number of methoxy groups -OCH3 is 1. The van der Waals surface area contributed by atoms with E-state index in [1.54, 1.807) is 18.2 Å². The zero-order valence-electron chi connectivity index (χ0n) is 33.2. The van der Waals surface area contributed by atoms with E-state index in [4.69, 9.17) is 5.73 Å². The zero-order valence-corrected chi connectivity index (χ0v) is 33.2. The molecule has 0 aliphatic heterocycles. The number of benzene rings is 1. The van der Waals surface area contributed by atoms with E-state index in [2.05, 4.69) is 63.8 Å². The molecule has 0 spiro atoms. The number of nitrogens with one attached hydrogen (secondary N) is 2. The number of rotatable bonds is 12. The second-order valence-corrected chi connectivity index (χ2v) is 18.5. The summed E-state index contributed by atoms with van der Waals surface area (Å²) in [6, 6.07) is 6.19. The summed E-state index contributed by atoms with van der Waals surface area (Å²) >= 11 is 0. The zero-order chi connectivity index (χ0) is 38.3. The third-order valence-electron chi connectivity index (χ3n) is 16.0. The lowest BCUT2D eigenvalue weighted by molar-refractivity contribution is -0.246. The molecule has 1 aromatic carbocycles. The standard InChI is InChI=1S/C43H67N3O6/c1-9-20-43(38(51)45-25-19-28-11-10-12-29(26-28)37(50)46-31(36(44)49)14-16-35(48)52-8)24-23-41(6)30(27(43)2)13-15-33-40(5)21-18-34(47)39(3,4)32(40)17-22-42(33,41)7/h10-12,26-27,30-34,47H,9,13-25H2,1-8H3,(H2,44,49)(H,45,51)(H,46,50)/t27?,30?,31?,32?,33?,34?,40?,41-,42?,43?/m1/s1. The van der Waals surface area contributed by atoms with E-state index in [0.29, 0.717) is 36.3 Å². The minimum absolute atomic E-state index is 0.0355. The summed E-state index contributed by atoms with van der Waals surface area (Å²) in [7, 11) is 1.27. The molecule has 9 heteroatoms. The number of carbonyl (C=O) groups is 4. The lowest BCUT2D eigenvalue weighted by atomic mass is 9.32. The first-order valence-corrected chi connectivity index (χ1v) is 20.1. The molecule has 0 radical (unpaired) electrons. The summed E-state index contributed by atoms with van der Waals surface area (Å²) < 4.78 is 4.64. The van der Waals surface area contributed by atoms with Gasteiger partial charge in [0, 0.05) is 18.5 Å². The van der Waals surface area contributed by atoms with Crippen molar-refractivity contribution in [1.82, 2.24) is 10.6 Å². The highest BCUT2D eigenvalue weighted by Gasteiger charge is 2.69. The number of aliphatic hydroxyl groups is 1. The van der Waals surface area contributed by atoms with Gasteiger partial charge in [0.2, 0.25) is 11.8 Å². The summed E-state index contributed by atoms with van der Waals surface area (Å²) in [6.45, 7) is 17.4. The number of hydrogen-bond donors (Lipinski definition) is 4. The smallest absolute Gasteiger partial charge is 0.305 e. The molecule has 290 valence electrons. The Morgan fingerprint density at radius 2 is 1.69 bits per heavy atom. The molecule has 3 amide bonds. The van der Waals surface area contributed by atoms with Crippen molar-refractivity contribution in [3.05, 3.63) is 35.4 Å². The Labute approximate surface area is 312 Å². The molecule has 9 nitrogen and oxygen atoms in total. The van der Waals surface area contributed by atoms with Gasteiger partial charge in [0.25, 0.3) is 5.91 Å². The highest BCUT2D eigenvalue weighted by Crippen LogP contribution is 2.75. The highest BCUT2D eigenvalue weighted by molar-refractivity contribution is 5.97. The Hall–Kier alpha value is -2.94. The van der Waals surface area contributed by atoms with Crippen LogP contribution in [0.1, 0.15) is 141 Å². The SMILES string of the molecule is CCCC1(C(=O)NCCc2cccc(C(=O)NC(CCC(=O)OC)C(N)=O)c2)CC[C@]2(C)C(CCC3C4(C)CCC(O)C(C)(C)C4CCC32C)C1C. The maximum absolute atomic E-state index is 14.4. The summed E-state index contributed by atoms with van der Waals surface area (Å²) in [6.07, 6.45) is 10.9. The van der Waals surface area contributed by atoms with Gasteiger partial charge in [0.15, 0.2) is 0 Å². The third kappa shape index (κ3) is 6.81. The molecule has 5 N–H and O–H groups in total. The highest BCUT2D eigenvalue weighted by atomic mass is 16.5. The van der Waals surface area contributed by atoms with Crippen molar-refractivity contribution >= 4 is 23.7 Å². The molecule has 4 aliphatic carbocycles. The normalized spacial score (nSPS) is 37.0. The molecule has 0 heterocycles. The Bertz CT molecular complexity index is 1510. The van der Waals surface area contributed by atoms with Crippen molar-refractivity contribution in [2.24, 2.45) is 56.5 Å². The lowest BCUT2D eigenvalue weighted by Crippen LogP contribution is -2.67. The van der Waals surface area contributed by atoms with Crippen LogP contribution in [0.15, 0.2) is 24.3 Å². The number of esters is 1. The minimum Gasteiger partial charge on any atom is -0.469 e. The van der Waals surface area contributed by atoms with Crippen LogP contribution in [0.5, 0.6) is 0 Å². The van der Waals surface area contributed by atoms with E-state index >= 15 is 0 Å². The van der Waals surface area contributed by atoms with Crippen molar-refractivity contribution in [2.75, 3.05) is 13.7 Å². The number of fused-ring (bicyclic) bond motifs is 5. The van der Waals surface area contributed by atoms with Gasteiger partial charge in [-0.15, -0.1) is 0 Å². The van der Waals surface area contributed by atoms with E-state index in [0.717, 1.165) is 50.5 Å². The maximum Gasteiger partial charge on any atom is 0.305 e. The van der Waals surface area contributed by atoms with Gasteiger partial charge in [-0.3, -0.25) is 19.2 Å².